The van der Waals surface area contributed by atoms with E-state index in [0.29, 0.717) is 42.6 Å². The number of H-pyrrole nitrogens is 1. The zero-order chi connectivity index (χ0) is 20.1. The van der Waals surface area contributed by atoms with Crippen molar-refractivity contribution in [2.75, 3.05) is 26.8 Å². The van der Waals surface area contributed by atoms with Crippen LogP contribution in [0.2, 0.25) is 0 Å². The van der Waals surface area contributed by atoms with E-state index in [4.69, 9.17) is 14.7 Å². The van der Waals surface area contributed by atoms with Gasteiger partial charge in [0, 0.05) is 31.3 Å². The van der Waals surface area contributed by atoms with Crippen LogP contribution in [0.3, 0.4) is 0 Å². The molecule has 1 atom stereocenters. The van der Waals surface area contributed by atoms with Crippen LogP contribution in [0.1, 0.15) is 34.6 Å². The minimum atomic E-state index is -0.418. The summed E-state index contributed by atoms with van der Waals surface area (Å²) in [7, 11) is 1.53. The number of nitrogens with one attached hydrogen (secondary N) is 1. The normalized spacial score (nSPS) is 16.3. The van der Waals surface area contributed by atoms with E-state index in [1.54, 1.807) is 30.0 Å². The molecule has 1 amide bonds. The second kappa shape index (κ2) is 8.57. The summed E-state index contributed by atoms with van der Waals surface area (Å²) in [6.45, 7) is 3.18. The summed E-state index contributed by atoms with van der Waals surface area (Å²) in [5.74, 6) is 1.36. The minimum absolute atomic E-state index is 0.0564. The van der Waals surface area contributed by atoms with Gasteiger partial charge in [-0.05, 0) is 31.9 Å². The number of hydrogen-bond acceptors (Lipinski definition) is 6. The molecule has 2 heterocycles. The van der Waals surface area contributed by atoms with Gasteiger partial charge in [-0.25, -0.2) is 4.98 Å². The highest BCUT2D eigenvalue weighted by Gasteiger charge is 2.27. The summed E-state index contributed by atoms with van der Waals surface area (Å²) in [6, 6.07) is 7.07. The number of piperidine rings is 1. The first-order chi connectivity index (χ1) is 13.5. The van der Waals surface area contributed by atoms with Crippen molar-refractivity contribution < 1.29 is 14.3 Å². The number of aromatic amines is 1. The van der Waals surface area contributed by atoms with Crippen molar-refractivity contribution >= 4 is 5.91 Å². The first-order valence-electron chi connectivity index (χ1n) is 9.08. The molecule has 2 aromatic rings. The Balaban J connectivity index is 1.65. The number of nitriles is 1. The van der Waals surface area contributed by atoms with Gasteiger partial charge < -0.3 is 19.4 Å². The summed E-state index contributed by atoms with van der Waals surface area (Å²) in [6.07, 6.45) is 3.09. The van der Waals surface area contributed by atoms with Gasteiger partial charge in [-0.2, -0.15) is 5.26 Å². The third-order valence-corrected chi connectivity index (χ3v) is 4.73. The molecule has 28 heavy (non-hydrogen) atoms. The van der Waals surface area contributed by atoms with E-state index >= 15 is 0 Å². The molecule has 1 fully saturated rings. The lowest BCUT2D eigenvalue weighted by atomic mass is 9.98. The smallest absolute Gasteiger partial charge is 0.263 e. The largest absolute Gasteiger partial charge is 0.493 e. The highest BCUT2D eigenvalue weighted by atomic mass is 16.5. The van der Waals surface area contributed by atoms with E-state index in [-0.39, 0.29) is 17.4 Å². The van der Waals surface area contributed by atoms with Crippen LogP contribution in [0.25, 0.3) is 0 Å². The van der Waals surface area contributed by atoms with Gasteiger partial charge in [0.05, 0.1) is 25.3 Å². The lowest BCUT2D eigenvalue weighted by molar-refractivity contribution is 0.0629. The SMILES string of the molecule is COc1cc(C#N)ccc1OCC1CCCN(C(=O)c2cnc(C)[nH]c2=O)C1. The van der Waals surface area contributed by atoms with Gasteiger partial charge in [-0.15, -0.1) is 0 Å². The molecular formula is C20H22N4O4. The maximum absolute atomic E-state index is 12.7. The molecule has 0 aliphatic carbocycles. The van der Waals surface area contributed by atoms with Crippen molar-refractivity contribution in [2.24, 2.45) is 5.92 Å². The van der Waals surface area contributed by atoms with Crippen molar-refractivity contribution in [3.8, 4) is 17.6 Å². The average Bonchev–Trinajstić information content (AvgIpc) is 2.72. The second-order valence-corrected chi connectivity index (χ2v) is 6.76. The van der Waals surface area contributed by atoms with Crippen LogP contribution in [-0.2, 0) is 0 Å². The minimum Gasteiger partial charge on any atom is -0.493 e. The van der Waals surface area contributed by atoms with Crippen LogP contribution in [-0.4, -0.2) is 47.6 Å². The molecule has 0 saturated carbocycles. The number of carbonyl (C=O) groups excluding carboxylic acids is 1. The molecule has 1 aliphatic rings. The first-order valence-corrected chi connectivity index (χ1v) is 9.08. The number of rotatable bonds is 5. The summed E-state index contributed by atoms with van der Waals surface area (Å²) >= 11 is 0. The number of benzene rings is 1. The number of nitrogens with zero attached hydrogens (tertiary/aromatic N) is 3. The van der Waals surface area contributed by atoms with E-state index in [0.717, 1.165) is 12.8 Å². The van der Waals surface area contributed by atoms with Gasteiger partial charge in [-0.1, -0.05) is 0 Å². The molecule has 1 unspecified atom stereocenters. The van der Waals surface area contributed by atoms with E-state index in [1.807, 2.05) is 0 Å². The third kappa shape index (κ3) is 4.31. The maximum atomic E-state index is 12.7. The fourth-order valence-electron chi connectivity index (χ4n) is 3.26. The fourth-order valence-corrected chi connectivity index (χ4v) is 3.26. The zero-order valence-corrected chi connectivity index (χ0v) is 15.9. The van der Waals surface area contributed by atoms with E-state index in [2.05, 4.69) is 16.0 Å². The van der Waals surface area contributed by atoms with E-state index in [1.165, 1.54) is 13.3 Å². The second-order valence-electron chi connectivity index (χ2n) is 6.76. The molecule has 1 N–H and O–H groups in total. The van der Waals surface area contributed by atoms with Crippen molar-refractivity contribution in [3.05, 3.63) is 51.7 Å². The summed E-state index contributed by atoms with van der Waals surface area (Å²) in [4.78, 5) is 33.0. The Morgan fingerprint density at radius 1 is 1.43 bits per heavy atom. The van der Waals surface area contributed by atoms with Gasteiger partial charge in [0.15, 0.2) is 11.5 Å². The quantitative estimate of drug-likeness (QED) is 0.846. The van der Waals surface area contributed by atoms with Crippen LogP contribution in [0.4, 0.5) is 0 Å². The predicted octanol–water partition coefficient (Wildman–Crippen LogP) is 1.89. The lowest BCUT2D eigenvalue weighted by Crippen LogP contribution is -2.43. The molecule has 8 nitrogen and oxygen atoms in total. The van der Waals surface area contributed by atoms with Crippen LogP contribution in [0.15, 0.2) is 29.2 Å². The lowest BCUT2D eigenvalue weighted by Gasteiger charge is -2.32. The average molecular weight is 382 g/mol. The predicted molar refractivity (Wildman–Crippen MR) is 101 cm³/mol. The molecule has 1 saturated heterocycles. The Morgan fingerprint density at radius 3 is 2.96 bits per heavy atom. The van der Waals surface area contributed by atoms with Gasteiger partial charge in [-0.3, -0.25) is 9.59 Å². The molecule has 1 aliphatic heterocycles. The monoisotopic (exact) mass is 382 g/mol. The Labute approximate surface area is 162 Å². The number of likely N-dealkylation sites (tertiary alicyclic amines) is 1. The molecule has 0 bridgehead atoms. The molecule has 3 rings (SSSR count). The third-order valence-electron chi connectivity index (χ3n) is 4.73. The highest BCUT2D eigenvalue weighted by Crippen LogP contribution is 2.29. The summed E-state index contributed by atoms with van der Waals surface area (Å²) < 4.78 is 11.2. The van der Waals surface area contributed by atoms with Crippen LogP contribution >= 0.6 is 0 Å². The molecule has 0 spiro atoms. The number of methoxy groups -OCH3 is 1. The van der Waals surface area contributed by atoms with Gasteiger partial charge >= 0.3 is 0 Å². The molecule has 1 aromatic carbocycles. The van der Waals surface area contributed by atoms with Crippen LogP contribution < -0.4 is 15.0 Å². The molecule has 146 valence electrons. The van der Waals surface area contributed by atoms with E-state index in [9.17, 15) is 9.59 Å². The zero-order valence-electron chi connectivity index (χ0n) is 15.9. The Kier molecular flexibility index (Phi) is 5.94. The van der Waals surface area contributed by atoms with E-state index < -0.39 is 5.56 Å². The molecular weight excluding hydrogens is 360 g/mol. The van der Waals surface area contributed by atoms with Gasteiger partial charge in [0.25, 0.3) is 11.5 Å². The van der Waals surface area contributed by atoms with Crippen molar-refractivity contribution in [3.63, 3.8) is 0 Å². The van der Waals surface area contributed by atoms with Crippen LogP contribution in [0.5, 0.6) is 11.5 Å². The van der Waals surface area contributed by atoms with Crippen molar-refractivity contribution in [1.82, 2.24) is 14.9 Å². The Bertz CT molecular complexity index is 963. The number of aryl methyl sites for hydroxylation is 1. The molecule has 0 radical (unpaired) electrons. The standard InChI is InChI=1S/C20H22N4O4/c1-13-22-10-16(19(25)23-13)20(26)24-7-3-4-15(11-24)12-28-17-6-5-14(9-21)8-18(17)27-2/h5-6,8,10,15H,3-4,7,11-12H2,1-2H3,(H,22,23,25). The number of ether oxygens (including phenoxy) is 2. The highest BCUT2D eigenvalue weighted by molar-refractivity contribution is 5.93. The van der Waals surface area contributed by atoms with Gasteiger partial charge in [0.1, 0.15) is 11.4 Å². The Hall–Kier alpha value is -3.34. The number of amides is 1. The van der Waals surface area contributed by atoms with Crippen molar-refractivity contribution in [2.45, 2.75) is 19.8 Å². The Morgan fingerprint density at radius 2 is 2.25 bits per heavy atom. The summed E-state index contributed by atoms with van der Waals surface area (Å²) in [5.41, 5.74) is 0.134. The number of carbonyl (C=O) groups is 1. The van der Waals surface area contributed by atoms with Gasteiger partial charge in [0.2, 0.25) is 0 Å². The molecule has 1 aromatic heterocycles. The summed E-state index contributed by atoms with van der Waals surface area (Å²) in [5, 5.41) is 8.98. The number of aromatic nitrogens is 2. The van der Waals surface area contributed by atoms with Crippen molar-refractivity contribution in [1.29, 1.82) is 5.26 Å². The number of hydrogen-bond donors (Lipinski definition) is 1. The maximum Gasteiger partial charge on any atom is 0.263 e. The molecule has 8 heteroatoms. The topological polar surface area (TPSA) is 108 Å². The fraction of sp³-hybridized carbons (Fsp3) is 0.400. The van der Waals surface area contributed by atoms with Crippen LogP contribution in [0, 0.1) is 24.2 Å². The first kappa shape index (κ1) is 19.4.